The zero-order chi connectivity index (χ0) is 26.2. The molecule has 6 aromatic carbocycles. The number of aromatic nitrogens is 1. The van der Waals surface area contributed by atoms with Crippen LogP contribution in [0.1, 0.15) is 0 Å². The van der Waals surface area contributed by atoms with Gasteiger partial charge in [-0.15, -0.1) is 22.7 Å². The van der Waals surface area contributed by atoms with Crippen LogP contribution in [0, 0.1) is 0 Å². The highest BCUT2D eigenvalue weighted by atomic mass is 32.1. The van der Waals surface area contributed by atoms with Gasteiger partial charge < -0.3 is 0 Å². The Morgan fingerprint density at radius 2 is 0.850 bits per heavy atom. The largest absolute Gasteiger partial charge is 0.256 e. The fourth-order valence-corrected chi connectivity index (χ4v) is 8.79. The Bertz CT molecular complexity index is 2220. The number of pyridine rings is 1. The molecule has 186 valence electrons. The summed E-state index contributed by atoms with van der Waals surface area (Å²) in [7, 11) is 0. The lowest BCUT2D eigenvalue weighted by atomic mass is 9.86. The van der Waals surface area contributed by atoms with E-state index < -0.39 is 0 Å². The number of hydrogen-bond acceptors (Lipinski definition) is 3. The quantitative estimate of drug-likeness (QED) is 0.198. The molecule has 0 aliphatic rings. The lowest BCUT2D eigenvalue weighted by Gasteiger charge is -2.18. The van der Waals surface area contributed by atoms with Crippen LogP contribution in [0.2, 0.25) is 0 Å². The molecule has 0 aliphatic heterocycles. The second-order valence-corrected chi connectivity index (χ2v) is 12.4. The van der Waals surface area contributed by atoms with E-state index in [1.807, 2.05) is 28.9 Å². The number of hydrogen-bond donors (Lipinski definition) is 0. The third kappa shape index (κ3) is 3.05. The fraction of sp³-hybridized carbons (Fsp3) is 0. The maximum Gasteiger partial charge on any atom is 0.0793 e. The predicted octanol–water partition coefficient (Wildman–Crippen LogP) is 11.5. The van der Waals surface area contributed by atoms with Gasteiger partial charge in [0.05, 0.1) is 5.52 Å². The van der Waals surface area contributed by atoms with Crippen molar-refractivity contribution < 1.29 is 0 Å². The second kappa shape index (κ2) is 8.46. The predicted molar refractivity (Wildman–Crippen MR) is 176 cm³/mol. The van der Waals surface area contributed by atoms with E-state index in [1.54, 1.807) is 0 Å². The lowest BCUT2D eigenvalue weighted by Crippen LogP contribution is -1.93. The van der Waals surface area contributed by atoms with Gasteiger partial charge in [-0.05, 0) is 57.8 Å². The number of benzene rings is 6. The van der Waals surface area contributed by atoms with Crippen molar-refractivity contribution in [1.82, 2.24) is 4.98 Å². The van der Waals surface area contributed by atoms with Gasteiger partial charge in [0.1, 0.15) is 0 Å². The van der Waals surface area contributed by atoms with Gasteiger partial charge in [0.2, 0.25) is 0 Å². The van der Waals surface area contributed by atoms with E-state index in [1.165, 1.54) is 78.8 Å². The van der Waals surface area contributed by atoms with Gasteiger partial charge in [-0.25, -0.2) is 0 Å². The van der Waals surface area contributed by atoms with E-state index in [0.717, 1.165) is 5.52 Å². The first-order valence-electron chi connectivity index (χ1n) is 13.5. The normalized spacial score (nSPS) is 12.0. The maximum absolute atomic E-state index is 5.10. The Kier molecular flexibility index (Phi) is 4.71. The molecule has 0 saturated heterocycles. The van der Waals surface area contributed by atoms with Gasteiger partial charge in [-0.2, -0.15) is 0 Å². The van der Waals surface area contributed by atoms with Gasteiger partial charge in [-0.1, -0.05) is 91.0 Å². The molecule has 0 amide bonds. The first-order valence-corrected chi connectivity index (χ1v) is 15.1. The van der Waals surface area contributed by atoms with Crippen molar-refractivity contribution in [2.45, 2.75) is 0 Å². The van der Waals surface area contributed by atoms with Crippen molar-refractivity contribution in [3.63, 3.8) is 0 Å². The Labute approximate surface area is 238 Å². The van der Waals surface area contributed by atoms with Crippen LogP contribution in [-0.4, -0.2) is 4.98 Å². The molecule has 0 saturated carbocycles. The first-order chi connectivity index (χ1) is 19.9. The molecule has 0 N–H and O–H groups in total. The average Bonchev–Trinajstić information content (AvgIpc) is 3.58. The van der Waals surface area contributed by atoms with E-state index in [-0.39, 0.29) is 0 Å². The highest BCUT2D eigenvalue weighted by Crippen LogP contribution is 2.49. The van der Waals surface area contributed by atoms with Crippen molar-refractivity contribution in [3.05, 3.63) is 128 Å². The molecule has 1 nitrogen and oxygen atoms in total. The molecule has 0 bridgehead atoms. The lowest BCUT2D eigenvalue weighted by molar-refractivity contribution is 1.42. The maximum atomic E-state index is 5.10. The number of rotatable bonds is 2. The van der Waals surface area contributed by atoms with Gasteiger partial charge in [-0.3, -0.25) is 4.98 Å². The number of thiophene rings is 2. The highest BCUT2D eigenvalue weighted by Gasteiger charge is 2.22. The zero-order valence-corrected chi connectivity index (χ0v) is 23.0. The molecule has 3 heteroatoms. The number of fused-ring (bicyclic) bond motifs is 8. The number of nitrogens with zero attached hydrogens (tertiary/aromatic N) is 1. The third-order valence-corrected chi connectivity index (χ3v) is 10.4. The Balaban J connectivity index is 1.49. The van der Waals surface area contributed by atoms with Crippen LogP contribution < -0.4 is 0 Å². The molecule has 0 radical (unpaired) electrons. The van der Waals surface area contributed by atoms with E-state index in [2.05, 4.69) is 121 Å². The van der Waals surface area contributed by atoms with Crippen LogP contribution in [0.3, 0.4) is 0 Å². The summed E-state index contributed by atoms with van der Waals surface area (Å²) < 4.78 is 5.27. The van der Waals surface area contributed by atoms with E-state index in [0.29, 0.717) is 0 Å². The van der Waals surface area contributed by atoms with Crippen LogP contribution in [0.25, 0.3) is 84.3 Å². The van der Waals surface area contributed by atoms with E-state index in [4.69, 9.17) is 4.98 Å². The molecule has 0 fully saturated rings. The topological polar surface area (TPSA) is 12.9 Å². The summed E-state index contributed by atoms with van der Waals surface area (Å²) in [5.74, 6) is 0. The molecule has 0 spiro atoms. The smallest absolute Gasteiger partial charge is 0.0793 e. The molecular weight excluding hydrogens is 523 g/mol. The Hall–Kier alpha value is -4.57. The molecule has 40 heavy (non-hydrogen) atoms. The molecule has 3 aromatic heterocycles. The second-order valence-electron chi connectivity index (χ2n) is 10.2. The molecule has 0 aliphatic carbocycles. The van der Waals surface area contributed by atoms with Crippen LogP contribution in [0.4, 0.5) is 0 Å². The minimum Gasteiger partial charge on any atom is -0.256 e. The van der Waals surface area contributed by atoms with Crippen molar-refractivity contribution >= 4 is 84.7 Å². The zero-order valence-electron chi connectivity index (χ0n) is 21.4. The van der Waals surface area contributed by atoms with E-state index >= 15 is 0 Å². The van der Waals surface area contributed by atoms with Crippen molar-refractivity contribution in [2.24, 2.45) is 0 Å². The van der Waals surface area contributed by atoms with Crippen LogP contribution in [-0.2, 0) is 0 Å². The molecular formula is C37H21NS2. The molecule has 0 atom stereocenters. The Morgan fingerprint density at radius 1 is 0.375 bits per heavy atom. The third-order valence-electron chi connectivity index (χ3n) is 8.12. The minimum absolute atomic E-state index is 1.05. The first kappa shape index (κ1) is 22.3. The average molecular weight is 544 g/mol. The molecule has 9 aromatic rings. The van der Waals surface area contributed by atoms with Gasteiger partial charge in [0.25, 0.3) is 0 Å². The fourth-order valence-electron chi connectivity index (χ4n) is 6.53. The SMILES string of the molecule is c1ccc2c(c1)sc1cccc(-c3c4ccccc4c(-c4cccc5sc6ccccc6c45)c4ncccc34)c12. The molecule has 0 unspecified atom stereocenters. The summed E-state index contributed by atoms with van der Waals surface area (Å²) >= 11 is 3.74. The van der Waals surface area contributed by atoms with Gasteiger partial charge in [0, 0.05) is 57.5 Å². The summed E-state index contributed by atoms with van der Waals surface area (Å²) in [6.07, 6.45) is 1.94. The van der Waals surface area contributed by atoms with Gasteiger partial charge >= 0.3 is 0 Å². The van der Waals surface area contributed by atoms with Crippen molar-refractivity contribution in [1.29, 1.82) is 0 Å². The van der Waals surface area contributed by atoms with Crippen molar-refractivity contribution in [3.8, 4) is 22.3 Å². The summed E-state index contributed by atoms with van der Waals surface area (Å²) in [6, 6.07) is 44.3. The monoisotopic (exact) mass is 543 g/mol. The highest BCUT2D eigenvalue weighted by molar-refractivity contribution is 7.26. The summed E-state index contributed by atoms with van der Waals surface area (Å²) in [5.41, 5.74) is 6.05. The standard InChI is InChI=1S/C37H21NS2/c1-2-11-23-22(10-1)33(26-14-7-19-31-34(26)24-12-3-5-17-29(24)39-31)28-16-9-21-38-37(28)36(23)27-15-8-20-32-35(27)25-13-4-6-18-30(25)40-32/h1-21H. The van der Waals surface area contributed by atoms with E-state index in [9.17, 15) is 0 Å². The minimum atomic E-state index is 1.05. The summed E-state index contributed by atoms with van der Waals surface area (Å²) in [6.45, 7) is 0. The molecule has 3 heterocycles. The van der Waals surface area contributed by atoms with Crippen molar-refractivity contribution in [2.75, 3.05) is 0 Å². The van der Waals surface area contributed by atoms with Crippen LogP contribution in [0.5, 0.6) is 0 Å². The molecule has 9 rings (SSSR count). The Morgan fingerprint density at radius 3 is 1.48 bits per heavy atom. The summed E-state index contributed by atoms with van der Waals surface area (Å²) in [4.78, 5) is 5.10. The van der Waals surface area contributed by atoms with Crippen LogP contribution >= 0.6 is 22.7 Å². The summed E-state index contributed by atoms with van der Waals surface area (Å²) in [5, 5.41) is 8.97. The van der Waals surface area contributed by atoms with Gasteiger partial charge in [0.15, 0.2) is 0 Å². The van der Waals surface area contributed by atoms with Crippen LogP contribution in [0.15, 0.2) is 128 Å².